The zero-order chi connectivity index (χ0) is 21.3. The number of carbonyl (C=O) groups is 1. The molecule has 0 atom stereocenters. The molecule has 0 radical (unpaired) electrons. The molecule has 1 fully saturated rings. The number of nitrogens with zero attached hydrogens (tertiary/aromatic N) is 2. The fourth-order valence-corrected chi connectivity index (χ4v) is 5.20. The number of rotatable bonds is 4. The molecule has 158 valence electrons. The van der Waals surface area contributed by atoms with E-state index in [4.69, 9.17) is 16.3 Å². The zero-order valence-electron chi connectivity index (χ0n) is 16.5. The lowest BCUT2D eigenvalue weighted by Crippen LogP contribution is -2.35. The molecule has 2 aromatic carbocycles. The van der Waals surface area contributed by atoms with Gasteiger partial charge >= 0.3 is 0 Å². The molecule has 2 aromatic rings. The van der Waals surface area contributed by atoms with Gasteiger partial charge in [-0.15, -0.1) is 4.40 Å². The largest absolute Gasteiger partial charge is 0.497 e. The van der Waals surface area contributed by atoms with Crippen LogP contribution in [0.25, 0.3) is 0 Å². The van der Waals surface area contributed by atoms with E-state index in [1.54, 1.807) is 25.3 Å². The van der Waals surface area contributed by atoms with Gasteiger partial charge in [0, 0.05) is 19.5 Å². The fourth-order valence-electron chi connectivity index (χ4n) is 3.69. The quantitative estimate of drug-likeness (QED) is 0.770. The first-order valence-corrected chi connectivity index (χ1v) is 11.6. The third kappa shape index (κ3) is 4.02. The number of benzene rings is 2. The van der Waals surface area contributed by atoms with Crippen molar-refractivity contribution in [3.8, 4) is 5.75 Å². The van der Waals surface area contributed by atoms with Crippen LogP contribution in [0.1, 0.15) is 41.6 Å². The van der Waals surface area contributed by atoms with Gasteiger partial charge in [-0.05, 0) is 42.7 Å². The van der Waals surface area contributed by atoms with Crippen LogP contribution in [0.5, 0.6) is 5.75 Å². The van der Waals surface area contributed by atoms with Crippen molar-refractivity contribution in [1.82, 2.24) is 5.32 Å². The molecule has 0 aromatic heterocycles. The van der Waals surface area contributed by atoms with Crippen LogP contribution in [0.15, 0.2) is 45.7 Å². The van der Waals surface area contributed by atoms with Gasteiger partial charge in [-0.1, -0.05) is 30.2 Å². The van der Waals surface area contributed by atoms with Gasteiger partial charge in [0.05, 0.1) is 23.4 Å². The van der Waals surface area contributed by atoms with Crippen LogP contribution in [0.4, 0.5) is 5.69 Å². The minimum Gasteiger partial charge on any atom is -0.497 e. The highest BCUT2D eigenvalue weighted by atomic mass is 35.5. The number of amidine groups is 1. The van der Waals surface area contributed by atoms with Crippen molar-refractivity contribution < 1.29 is 17.9 Å². The highest BCUT2D eigenvalue weighted by Crippen LogP contribution is 2.37. The van der Waals surface area contributed by atoms with Crippen LogP contribution < -0.4 is 15.0 Å². The van der Waals surface area contributed by atoms with Crippen LogP contribution in [0.3, 0.4) is 0 Å². The molecule has 0 unspecified atom stereocenters. The Balaban J connectivity index is 1.61. The van der Waals surface area contributed by atoms with E-state index < -0.39 is 15.9 Å². The Kier molecular flexibility index (Phi) is 5.71. The number of hydrogen-bond donors (Lipinski definition) is 1. The molecule has 1 saturated heterocycles. The molecule has 0 saturated carbocycles. The molecule has 4 rings (SSSR count). The average molecular weight is 448 g/mol. The summed E-state index contributed by atoms with van der Waals surface area (Å²) in [4.78, 5) is 14.7. The SMILES string of the molecule is COc1ccc(CNC(=O)c2cc3c(cc2Cl)N2CCCCCC2=NS3(=O)=O)cc1. The van der Waals surface area contributed by atoms with Crippen LogP contribution in [-0.4, -0.2) is 33.8 Å². The molecule has 2 aliphatic rings. The van der Waals surface area contributed by atoms with E-state index in [0.717, 1.165) is 30.6 Å². The van der Waals surface area contributed by atoms with Crippen LogP contribution >= 0.6 is 11.6 Å². The molecule has 2 aliphatic heterocycles. The number of halogens is 1. The minimum atomic E-state index is -3.88. The molecule has 2 heterocycles. The number of fused-ring (bicyclic) bond motifs is 3. The Bertz CT molecular complexity index is 1110. The van der Waals surface area contributed by atoms with E-state index in [-0.39, 0.29) is 22.0 Å². The standard InChI is InChI=1S/C21H22ClN3O4S/c1-29-15-8-6-14(7-9-15)13-23-21(26)16-11-19-18(12-17(16)22)25-10-4-2-3-5-20(25)24-30(19,27)28/h6-9,11-12H,2-5,10,13H2,1H3,(H,23,26). The van der Waals surface area contributed by atoms with Crippen molar-refractivity contribution >= 4 is 39.1 Å². The van der Waals surface area contributed by atoms with Crippen molar-refractivity contribution in [2.24, 2.45) is 4.40 Å². The van der Waals surface area contributed by atoms with E-state index in [1.807, 2.05) is 17.0 Å². The lowest BCUT2D eigenvalue weighted by atomic mass is 10.1. The number of hydrogen-bond acceptors (Lipinski definition) is 5. The van der Waals surface area contributed by atoms with Crippen molar-refractivity contribution in [2.45, 2.75) is 37.1 Å². The van der Waals surface area contributed by atoms with Crippen LogP contribution in [0, 0.1) is 0 Å². The second kappa shape index (κ2) is 8.28. The smallest absolute Gasteiger partial charge is 0.286 e. The highest BCUT2D eigenvalue weighted by molar-refractivity contribution is 7.90. The molecule has 0 bridgehead atoms. The van der Waals surface area contributed by atoms with Gasteiger partial charge in [-0.2, -0.15) is 8.42 Å². The van der Waals surface area contributed by atoms with Gasteiger partial charge < -0.3 is 15.0 Å². The van der Waals surface area contributed by atoms with Crippen molar-refractivity contribution in [1.29, 1.82) is 0 Å². The normalized spacial score (nSPS) is 17.3. The summed E-state index contributed by atoms with van der Waals surface area (Å²) in [7, 11) is -2.30. The summed E-state index contributed by atoms with van der Waals surface area (Å²) in [5.74, 6) is 0.827. The van der Waals surface area contributed by atoms with Crippen molar-refractivity contribution in [2.75, 3.05) is 18.6 Å². The predicted molar refractivity (Wildman–Crippen MR) is 116 cm³/mol. The second-order valence-electron chi connectivity index (χ2n) is 7.28. The number of carbonyl (C=O) groups excluding carboxylic acids is 1. The van der Waals surface area contributed by atoms with E-state index in [2.05, 4.69) is 9.71 Å². The summed E-state index contributed by atoms with van der Waals surface area (Å²) in [6.07, 6.45) is 3.48. The number of sulfonamides is 1. The first-order chi connectivity index (χ1) is 14.4. The number of methoxy groups -OCH3 is 1. The lowest BCUT2D eigenvalue weighted by Gasteiger charge is -2.30. The molecule has 30 heavy (non-hydrogen) atoms. The topological polar surface area (TPSA) is 88.1 Å². The lowest BCUT2D eigenvalue weighted by molar-refractivity contribution is 0.0951. The third-order valence-electron chi connectivity index (χ3n) is 5.29. The molecule has 9 heteroatoms. The predicted octanol–water partition coefficient (Wildman–Crippen LogP) is 3.76. The molecular formula is C21H22ClN3O4S. The van der Waals surface area contributed by atoms with E-state index >= 15 is 0 Å². The maximum atomic E-state index is 12.8. The summed E-state index contributed by atoms with van der Waals surface area (Å²) >= 11 is 6.40. The van der Waals surface area contributed by atoms with E-state index in [1.165, 1.54) is 6.07 Å². The minimum absolute atomic E-state index is 0.0205. The Hall–Kier alpha value is -2.58. The summed E-state index contributed by atoms with van der Waals surface area (Å²) in [6, 6.07) is 10.2. The van der Waals surface area contributed by atoms with Crippen LogP contribution in [0.2, 0.25) is 5.02 Å². The average Bonchev–Trinajstić information content (AvgIpc) is 2.97. The zero-order valence-corrected chi connectivity index (χ0v) is 18.1. The Labute approximate surface area is 180 Å². The summed E-state index contributed by atoms with van der Waals surface area (Å²) in [6.45, 7) is 0.956. The van der Waals surface area contributed by atoms with Gasteiger partial charge in [0.15, 0.2) is 0 Å². The number of anilines is 1. The molecule has 1 amide bonds. The van der Waals surface area contributed by atoms with Gasteiger partial charge in [0.1, 0.15) is 16.5 Å². The number of nitrogens with one attached hydrogen (secondary N) is 1. The molecule has 0 aliphatic carbocycles. The fraction of sp³-hybridized carbons (Fsp3) is 0.333. The first-order valence-electron chi connectivity index (χ1n) is 9.75. The molecule has 7 nitrogen and oxygen atoms in total. The van der Waals surface area contributed by atoms with E-state index in [0.29, 0.717) is 24.5 Å². The number of ether oxygens (including phenoxy) is 1. The third-order valence-corrected chi connectivity index (χ3v) is 6.94. The Morgan fingerprint density at radius 3 is 2.70 bits per heavy atom. The summed E-state index contributed by atoms with van der Waals surface area (Å²) in [5, 5.41) is 3.00. The van der Waals surface area contributed by atoms with Crippen LogP contribution in [-0.2, 0) is 16.6 Å². The molecule has 0 spiro atoms. The van der Waals surface area contributed by atoms with Gasteiger partial charge in [0.25, 0.3) is 15.9 Å². The highest BCUT2D eigenvalue weighted by Gasteiger charge is 2.33. The Morgan fingerprint density at radius 1 is 1.20 bits per heavy atom. The van der Waals surface area contributed by atoms with Crippen molar-refractivity contribution in [3.05, 3.63) is 52.5 Å². The van der Waals surface area contributed by atoms with Gasteiger partial charge in [-0.3, -0.25) is 4.79 Å². The Morgan fingerprint density at radius 2 is 1.97 bits per heavy atom. The van der Waals surface area contributed by atoms with Crippen molar-refractivity contribution in [3.63, 3.8) is 0 Å². The van der Waals surface area contributed by atoms with Gasteiger partial charge in [-0.25, -0.2) is 0 Å². The summed E-state index contributed by atoms with van der Waals surface area (Å²) < 4.78 is 34.7. The maximum absolute atomic E-state index is 12.8. The summed E-state index contributed by atoms with van der Waals surface area (Å²) in [5.41, 5.74) is 1.49. The molecular weight excluding hydrogens is 426 g/mol. The monoisotopic (exact) mass is 447 g/mol. The van der Waals surface area contributed by atoms with E-state index in [9.17, 15) is 13.2 Å². The second-order valence-corrected chi connectivity index (χ2v) is 9.26. The first kappa shape index (κ1) is 20.7. The van der Waals surface area contributed by atoms with Gasteiger partial charge in [0.2, 0.25) is 0 Å². The molecule has 1 N–H and O–H groups in total. The maximum Gasteiger partial charge on any atom is 0.286 e. The number of amides is 1.